The van der Waals surface area contributed by atoms with Crippen LogP contribution in [0.15, 0.2) is 36.4 Å². The van der Waals surface area contributed by atoms with E-state index in [2.05, 4.69) is 40.5 Å². The van der Waals surface area contributed by atoms with E-state index in [-0.39, 0.29) is 12.4 Å². The normalized spacial score (nSPS) is 15.7. The SMILES string of the molecule is COc1ccc2cccc(CCN3CCNCC3)c2c1.Cl. The number of rotatable bonds is 4. The van der Waals surface area contributed by atoms with E-state index in [0.29, 0.717) is 0 Å². The van der Waals surface area contributed by atoms with Crippen molar-refractivity contribution in [2.24, 2.45) is 0 Å². The molecule has 0 unspecified atom stereocenters. The van der Waals surface area contributed by atoms with Crippen LogP contribution >= 0.6 is 12.4 Å². The van der Waals surface area contributed by atoms with Gasteiger partial charge in [-0.1, -0.05) is 24.3 Å². The molecule has 3 rings (SSSR count). The zero-order chi connectivity index (χ0) is 13.8. The first-order valence-electron chi connectivity index (χ1n) is 7.35. The molecule has 0 aliphatic carbocycles. The highest BCUT2D eigenvalue weighted by atomic mass is 35.5. The summed E-state index contributed by atoms with van der Waals surface area (Å²) in [6.45, 7) is 5.69. The lowest BCUT2D eigenvalue weighted by molar-refractivity contribution is 0.244. The van der Waals surface area contributed by atoms with Gasteiger partial charge in [0.1, 0.15) is 5.75 Å². The Bertz CT molecular complexity index is 582. The summed E-state index contributed by atoms with van der Waals surface area (Å²) in [5.41, 5.74) is 1.42. The Morgan fingerprint density at radius 1 is 1.14 bits per heavy atom. The van der Waals surface area contributed by atoms with Crippen LogP contribution in [0.25, 0.3) is 10.8 Å². The lowest BCUT2D eigenvalue weighted by atomic mass is 10.0. The van der Waals surface area contributed by atoms with E-state index >= 15 is 0 Å². The predicted molar refractivity (Wildman–Crippen MR) is 90.8 cm³/mol. The van der Waals surface area contributed by atoms with Crippen molar-refractivity contribution in [2.75, 3.05) is 39.8 Å². The third-order valence-corrected chi connectivity index (χ3v) is 4.09. The average Bonchev–Trinajstić information content (AvgIpc) is 2.53. The number of benzene rings is 2. The molecule has 0 saturated carbocycles. The molecule has 1 heterocycles. The minimum atomic E-state index is 0. The van der Waals surface area contributed by atoms with Gasteiger partial charge in [0.05, 0.1) is 7.11 Å². The third kappa shape index (κ3) is 3.88. The van der Waals surface area contributed by atoms with Crippen LogP contribution in [0.4, 0.5) is 0 Å². The number of hydrogen-bond acceptors (Lipinski definition) is 3. The molecule has 2 aromatic carbocycles. The summed E-state index contributed by atoms with van der Waals surface area (Å²) in [6.07, 6.45) is 1.10. The summed E-state index contributed by atoms with van der Waals surface area (Å²) in [4.78, 5) is 2.54. The van der Waals surface area contributed by atoms with Crippen LogP contribution in [0.2, 0.25) is 0 Å². The molecule has 1 saturated heterocycles. The Morgan fingerprint density at radius 3 is 2.71 bits per heavy atom. The molecule has 1 aliphatic rings. The fourth-order valence-electron chi connectivity index (χ4n) is 2.87. The Labute approximate surface area is 132 Å². The Hall–Kier alpha value is -1.29. The average molecular weight is 307 g/mol. The van der Waals surface area contributed by atoms with Gasteiger partial charge in [-0.3, -0.25) is 0 Å². The molecule has 2 aromatic rings. The molecule has 21 heavy (non-hydrogen) atoms. The molecule has 4 heteroatoms. The van der Waals surface area contributed by atoms with Gasteiger partial charge in [0.2, 0.25) is 0 Å². The van der Waals surface area contributed by atoms with E-state index in [9.17, 15) is 0 Å². The van der Waals surface area contributed by atoms with Gasteiger partial charge in [-0.25, -0.2) is 0 Å². The highest BCUT2D eigenvalue weighted by Gasteiger charge is 2.10. The maximum atomic E-state index is 5.35. The molecule has 0 atom stereocenters. The quantitative estimate of drug-likeness (QED) is 0.940. The van der Waals surface area contributed by atoms with E-state index < -0.39 is 0 Å². The number of nitrogens with one attached hydrogen (secondary N) is 1. The second-order valence-electron chi connectivity index (χ2n) is 5.35. The van der Waals surface area contributed by atoms with Crippen LogP contribution in [0.3, 0.4) is 0 Å². The second kappa shape index (κ2) is 7.64. The van der Waals surface area contributed by atoms with Crippen molar-refractivity contribution in [3.05, 3.63) is 42.0 Å². The largest absolute Gasteiger partial charge is 0.497 e. The first-order chi connectivity index (χ1) is 9.86. The lowest BCUT2D eigenvalue weighted by Gasteiger charge is -2.27. The van der Waals surface area contributed by atoms with Crippen LogP contribution < -0.4 is 10.1 Å². The van der Waals surface area contributed by atoms with Crippen LogP contribution in [-0.4, -0.2) is 44.7 Å². The van der Waals surface area contributed by atoms with Gasteiger partial charge in [-0.05, 0) is 34.9 Å². The molecule has 1 fully saturated rings. The number of halogens is 1. The number of ether oxygens (including phenoxy) is 1. The van der Waals surface area contributed by atoms with E-state index in [0.717, 1.165) is 44.9 Å². The predicted octanol–water partition coefficient (Wildman–Crippen LogP) is 2.72. The highest BCUT2D eigenvalue weighted by Crippen LogP contribution is 2.24. The Morgan fingerprint density at radius 2 is 1.95 bits per heavy atom. The van der Waals surface area contributed by atoms with Gasteiger partial charge in [0, 0.05) is 32.7 Å². The molecular formula is C17H23ClN2O. The van der Waals surface area contributed by atoms with Crippen molar-refractivity contribution in [2.45, 2.75) is 6.42 Å². The molecule has 1 aliphatic heterocycles. The highest BCUT2D eigenvalue weighted by molar-refractivity contribution is 5.87. The van der Waals surface area contributed by atoms with Gasteiger partial charge < -0.3 is 15.0 Å². The molecule has 0 radical (unpaired) electrons. The van der Waals surface area contributed by atoms with E-state index in [4.69, 9.17) is 4.74 Å². The Balaban J connectivity index is 0.00000161. The summed E-state index contributed by atoms with van der Waals surface area (Å²) in [7, 11) is 1.73. The van der Waals surface area contributed by atoms with Crippen LogP contribution in [0.1, 0.15) is 5.56 Å². The number of piperazine rings is 1. The standard InChI is InChI=1S/C17H22N2O.ClH/c1-20-16-6-5-14-3-2-4-15(17(14)13-16)7-10-19-11-8-18-9-12-19;/h2-6,13,18H,7-12H2,1H3;1H. The zero-order valence-electron chi connectivity index (χ0n) is 12.5. The first kappa shape index (κ1) is 16.1. The zero-order valence-corrected chi connectivity index (χ0v) is 13.3. The van der Waals surface area contributed by atoms with Gasteiger partial charge in [0.15, 0.2) is 0 Å². The van der Waals surface area contributed by atoms with Crippen molar-refractivity contribution in [1.82, 2.24) is 10.2 Å². The van der Waals surface area contributed by atoms with E-state index in [1.807, 2.05) is 6.07 Å². The maximum absolute atomic E-state index is 5.35. The van der Waals surface area contributed by atoms with Crippen molar-refractivity contribution >= 4 is 23.2 Å². The maximum Gasteiger partial charge on any atom is 0.119 e. The third-order valence-electron chi connectivity index (χ3n) is 4.09. The van der Waals surface area contributed by atoms with Crippen LogP contribution in [0, 0.1) is 0 Å². The van der Waals surface area contributed by atoms with Crippen molar-refractivity contribution < 1.29 is 4.74 Å². The molecule has 0 bridgehead atoms. The van der Waals surface area contributed by atoms with Crippen molar-refractivity contribution in [3.63, 3.8) is 0 Å². The summed E-state index contributed by atoms with van der Waals surface area (Å²) >= 11 is 0. The molecule has 3 nitrogen and oxygen atoms in total. The number of fused-ring (bicyclic) bond motifs is 1. The number of nitrogens with zero attached hydrogens (tertiary/aromatic N) is 1. The molecule has 0 spiro atoms. The summed E-state index contributed by atoms with van der Waals surface area (Å²) in [5, 5.41) is 6.02. The molecule has 114 valence electrons. The minimum Gasteiger partial charge on any atom is -0.497 e. The second-order valence-corrected chi connectivity index (χ2v) is 5.35. The molecular weight excluding hydrogens is 284 g/mol. The first-order valence-corrected chi connectivity index (χ1v) is 7.35. The van der Waals surface area contributed by atoms with Gasteiger partial charge in [-0.15, -0.1) is 12.4 Å². The summed E-state index contributed by atoms with van der Waals surface area (Å²) < 4.78 is 5.35. The number of methoxy groups -OCH3 is 1. The summed E-state index contributed by atoms with van der Waals surface area (Å²) in [5.74, 6) is 0.937. The molecule has 1 N–H and O–H groups in total. The van der Waals surface area contributed by atoms with Crippen molar-refractivity contribution in [1.29, 1.82) is 0 Å². The topological polar surface area (TPSA) is 24.5 Å². The summed E-state index contributed by atoms with van der Waals surface area (Å²) in [6, 6.07) is 12.9. The number of hydrogen-bond donors (Lipinski definition) is 1. The van der Waals surface area contributed by atoms with Crippen LogP contribution in [0.5, 0.6) is 5.75 Å². The smallest absolute Gasteiger partial charge is 0.119 e. The monoisotopic (exact) mass is 306 g/mol. The fraction of sp³-hybridized carbons (Fsp3) is 0.412. The van der Waals surface area contributed by atoms with E-state index in [1.165, 1.54) is 16.3 Å². The van der Waals surface area contributed by atoms with Crippen molar-refractivity contribution in [3.8, 4) is 5.75 Å². The van der Waals surface area contributed by atoms with E-state index in [1.54, 1.807) is 7.11 Å². The van der Waals surface area contributed by atoms with Gasteiger partial charge in [0.25, 0.3) is 0 Å². The minimum absolute atomic E-state index is 0. The van der Waals surface area contributed by atoms with Crippen LogP contribution in [-0.2, 0) is 6.42 Å². The molecule has 0 aromatic heterocycles. The fourth-order valence-corrected chi connectivity index (χ4v) is 2.87. The lowest BCUT2D eigenvalue weighted by Crippen LogP contribution is -2.44. The Kier molecular flexibility index (Phi) is 5.85. The molecule has 0 amide bonds. The van der Waals surface area contributed by atoms with Gasteiger partial charge in [-0.2, -0.15) is 0 Å². The van der Waals surface area contributed by atoms with Gasteiger partial charge >= 0.3 is 0 Å².